The van der Waals surface area contributed by atoms with Crippen LogP contribution in [0.4, 0.5) is 0 Å². The summed E-state index contributed by atoms with van der Waals surface area (Å²) >= 11 is 0. The SMILES string of the molecule is O=C(O)[C@@H]1Cc2c([nH]c3ccccc23)[C@H](CO)N1. The van der Waals surface area contributed by atoms with Crippen molar-refractivity contribution >= 4 is 16.9 Å². The standard InChI is InChI=1S/C13H14N2O3/c16-6-11-12-8(5-10(14-11)13(17)18)7-3-1-2-4-9(7)15-12/h1-4,10-11,14-16H,5-6H2,(H,17,18)/t10-,11-/m0/s1. The molecule has 0 unspecified atom stereocenters. The van der Waals surface area contributed by atoms with E-state index in [0.717, 1.165) is 22.2 Å². The second kappa shape index (κ2) is 4.12. The van der Waals surface area contributed by atoms with Crippen LogP contribution in [0, 0.1) is 0 Å². The van der Waals surface area contributed by atoms with E-state index in [2.05, 4.69) is 10.3 Å². The molecule has 0 fully saturated rings. The van der Waals surface area contributed by atoms with Crippen molar-refractivity contribution in [3.8, 4) is 0 Å². The van der Waals surface area contributed by atoms with Gasteiger partial charge in [-0.05, 0) is 11.6 Å². The Balaban J connectivity index is 2.15. The zero-order valence-electron chi connectivity index (χ0n) is 9.68. The third-order valence-corrected chi connectivity index (χ3v) is 3.49. The van der Waals surface area contributed by atoms with Crippen LogP contribution in [0.2, 0.25) is 0 Å². The summed E-state index contributed by atoms with van der Waals surface area (Å²) in [6.07, 6.45) is 0.436. The summed E-state index contributed by atoms with van der Waals surface area (Å²) in [5, 5.41) is 22.5. The van der Waals surface area contributed by atoms with Gasteiger partial charge < -0.3 is 15.2 Å². The third-order valence-electron chi connectivity index (χ3n) is 3.49. The largest absolute Gasteiger partial charge is 0.480 e. The molecule has 2 aromatic rings. The summed E-state index contributed by atoms with van der Waals surface area (Å²) < 4.78 is 0. The molecule has 0 saturated carbocycles. The van der Waals surface area contributed by atoms with E-state index >= 15 is 0 Å². The van der Waals surface area contributed by atoms with Crippen LogP contribution in [0.5, 0.6) is 0 Å². The zero-order chi connectivity index (χ0) is 12.7. The Morgan fingerprint density at radius 1 is 1.39 bits per heavy atom. The maximum atomic E-state index is 11.1. The van der Waals surface area contributed by atoms with E-state index in [0.29, 0.717) is 6.42 Å². The van der Waals surface area contributed by atoms with E-state index in [9.17, 15) is 9.90 Å². The molecule has 2 heterocycles. The van der Waals surface area contributed by atoms with E-state index in [4.69, 9.17) is 5.11 Å². The first-order valence-electron chi connectivity index (χ1n) is 5.90. The number of hydrogen-bond donors (Lipinski definition) is 4. The van der Waals surface area contributed by atoms with Gasteiger partial charge in [0.15, 0.2) is 0 Å². The van der Waals surface area contributed by atoms with Gasteiger partial charge in [0.05, 0.1) is 12.6 Å². The van der Waals surface area contributed by atoms with Gasteiger partial charge in [0.2, 0.25) is 0 Å². The molecule has 18 heavy (non-hydrogen) atoms. The second-order valence-electron chi connectivity index (χ2n) is 4.56. The number of para-hydroxylation sites is 1. The molecule has 1 aromatic carbocycles. The average molecular weight is 246 g/mol. The summed E-state index contributed by atoms with van der Waals surface area (Å²) in [7, 11) is 0. The molecule has 0 radical (unpaired) electrons. The fourth-order valence-corrected chi connectivity index (χ4v) is 2.63. The molecule has 1 aromatic heterocycles. The Hall–Kier alpha value is -1.85. The van der Waals surface area contributed by atoms with Crippen molar-refractivity contribution in [3.05, 3.63) is 35.5 Å². The number of aliphatic hydroxyl groups is 1. The van der Waals surface area contributed by atoms with Crippen molar-refractivity contribution in [2.75, 3.05) is 6.61 Å². The maximum Gasteiger partial charge on any atom is 0.321 e. The molecule has 5 heteroatoms. The molecular formula is C13H14N2O3. The van der Waals surface area contributed by atoms with Gasteiger partial charge in [-0.3, -0.25) is 10.1 Å². The lowest BCUT2D eigenvalue weighted by Gasteiger charge is -2.27. The number of carboxylic acids is 1. The molecule has 1 aliphatic rings. The normalized spacial score (nSPS) is 22.9. The Kier molecular flexibility index (Phi) is 2.57. The molecule has 1 aliphatic heterocycles. The highest BCUT2D eigenvalue weighted by Gasteiger charge is 2.32. The molecule has 5 nitrogen and oxygen atoms in total. The minimum atomic E-state index is -0.885. The van der Waals surface area contributed by atoms with Gasteiger partial charge in [-0.15, -0.1) is 0 Å². The number of aromatic amines is 1. The van der Waals surface area contributed by atoms with Crippen LogP contribution < -0.4 is 5.32 Å². The first-order chi connectivity index (χ1) is 8.70. The number of rotatable bonds is 2. The minimum Gasteiger partial charge on any atom is -0.480 e. The fourth-order valence-electron chi connectivity index (χ4n) is 2.63. The van der Waals surface area contributed by atoms with Gasteiger partial charge in [0.1, 0.15) is 6.04 Å². The lowest BCUT2D eigenvalue weighted by molar-refractivity contribution is -0.140. The Morgan fingerprint density at radius 2 is 2.17 bits per heavy atom. The smallest absolute Gasteiger partial charge is 0.321 e. The van der Waals surface area contributed by atoms with Gasteiger partial charge in [-0.2, -0.15) is 0 Å². The summed E-state index contributed by atoms with van der Waals surface area (Å²) in [6.45, 7) is -0.121. The Bertz CT molecular complexity index is 605. The van der Waals surface area contributed by atoms with Crippen molar-refractivity contribution in [1.29, 1.82) is 0 Å². The molecule has 3 rings (SSSR count). The van der Waals surface area contributed by atoms with E-state index in [1.165, 1.54) is 0 Å². The number of carboxylic acid groups (broad SMARTS) is 1. The highest BCUT2D eigenvalue weighted by Crippen LogP contribution is 2.31. The predicted molar refractivity (Wildman–Crippen MR) is 66.4 cm³/mol. The number of fused-ring (bicyclic) bond motifs is 3. The van der Waals surface area contributed by atoms with Crippen LogP contribution >= 0.6 is 0 Å². The summed E-state index contributed by atoms with van der Waals surface area (Å²) in [4.78, 5) is 14.4. The summed E-state index contributed by atoms with van der Waals surface area (Å²) in [5.74, 6) is -0.885. The van der Waals surface area contributed by atoms with Gasteiger partial charge >= 0.3 is 5.97 Å². The molecule has 0 amide bonds. The van der Waals surface area contributed by atoms with Gasteiger partial charge in [-0.1, -0.05) is 18.2 Å². The van der Waals surface area contributed by atoms with Gasteiger partial charge in [0, 0.05) is 23.0 Å². The monoisotopic (exact) mass is 246 g/mol. The predicted octanol–water partition coefficient (Wildman–Crippen LogP) is 0.800. The van der Waals surface area contributed by atoms with E-state index in [-0.39, 0.29) is 12.6 Å². The van der Waals surface area contributed by atoms with E-state index in [1.807, 2.05) is 24.3 Å². The van der Waals surface area contributed by atoms with Crippen LogP contribution in [0.1, 0.15) is 17.3 Å². The molecule has 2 atom stereocenters. The molecular weight excluding hydrogens is 232 g/mol. The van der Waals surface area contributed by atoms with Crippen molar-refractivity contribution in [2.24, 2.45) is 0 Å². The first kappa shape index (κ1) is 11.3. The minimum absolute atomic E-state index is 0.121. The molecule has 0 bridgehead atoms. The number of carbonyl (C=O) groups is 1. The Labute approximate surface area is 103 Å². The topological polar surface area (TPSA) is 85.3 Å². The number of aliphatic hydroxyl groups excluding tert-OH is 1. The average Bonchev–Trinajstić information content (AvgIpc) is 2.76. The van der Waals surface area contributed by atoms with E-state index < -0.39 is 12.0 Å². The van der Waals surface area contributed by atoms with Gasteiger partial charge in [-0.25, -0.2) is 0 Å². The summed E-state index contributed by atoms with van der Waals surface area (Å²) in [6, 6.07) is 6.81. The molecule has 0 saturated heterocycles. The first-order valence-corrected chi connectivity index (χ1v) is 5.90. The lowest BCUT2D eigenvalue weighted by atomic mass is 9.94. The second-order valence-corrected chi connectivity index (χ2v) is 4.56. The van der Waals surface area contributed by atoms with Crippen LogP contribution in [0.15, 0.2) is 24.3 Å². The number of nitrogens with one attached hydrogen (secondary N) is 2. The molecule has 0 spiro atoms. The van der Waals surface area contributed by atoms with Crippen molar-refractivity contribution in [3.63, 3.8) is 0 Å². The van der Waals surface area contributed by atoms with Gasteiger partial charge in [0.25, 0.3) is 0 Å². The van der Waals surface area contributed by atoms with Crippen LogP contribution in [0.25, 0.3) is 10.9 Å². The highest BCUT2D eigenvalue weighted by atomic mass is 16.4. The molecule has 4 N–H and O–H groups in total. The van der Waals surface area contributed by atoms with Crippen LogP contribution in [0.3, 0.4) is 0 Å². The number of aromatic nitrogens is 1. The van der Waals surface area contributed by atoms with Crippen molar-refractivity contribution in [2.45, 2.75) is 18.5 Å². The summed E-state index contributed by atoms with van der Waals surface area (Å²) in [5.41, 5.74) is 2.88. The number of aliphatic carboxylic acids is 1. The molecule has 94 valence electrons. The third kappa shape index (κ3) is 1.60. The number of H-pyrrole nitrogens is 1. The number of benzene rings is 1. The zero-order valence-corrected chi connectivity index (χ0v) is 9.68. The van der Waals surface area contributed by atoms with E-state index in [1.54, 1.807) is 0 Å². The molecule has 0 aliphatic carbocycles. The van der Waals surface area contributed by atoms with Crippen LogP contribution in [-0.2, 0) is 11.2 Å². The maximum absolute atomic E-state index is 11.1. The fraction of sp³-hybridized carbons (Fsp3) is 0.308. The Morgan fingerprint density at radius 3 is 2.89 bits per heavy atom. The van der Waals surface area contributed by atoms with Crippen molar-refractivity contribution < 1.29 is 15.0 Å². The quantitative estimate of drug-likeness (QED) is 0.631. The lowest BCUT2D eigenvalue weighted by Crippen LogP contribution is -2.45. The van der Waals surface area contributed by atoms with Crippen LogP contribution in [-0.4, -0.2) is 33.8 Å². The van der Waals surface area contributed by atoms with Crippen molar-refractivity contribution in [1.82, 2.24) is 10.3 Å². The highest BCUT2D eigenvalue weighted by molar-refractivity contribution is 5.86. The number of hydrogen-bond acceptors (Lipinski definition) is 3.